The van der Waals surface area contributed by atoms with E-state index >= 15 is 0 Å². The van der Waals surface area contributed by atoms with E-state index in [4.69, 9.17) is 5.73 Å². The highest BCUT2D eigenvalue weighted by Crippen LogP contribution is 1.92. The second kappa shape index (κ2) is 6.46. The molecule has 0 aliphatic carbocycles. The van der Waals surface area contributed by atoms with Crippen molar-refractivity contribution in [2.75, 3.05) is 6.54 Å². The van der Waals surface area contributed by atoms with Gasteiger partial charge in [0.15, 0.2) is 0 Å². The molecule has 0 saturated heterocycles. The number of hydrogen-bond acceptors (Lipinski definition) is 2. The summed E-state index contributed by atoms with van der Waals surface area (Å²) in [6.07, 6.45) is 5.69. The Kier molecular flexibility index (Phi) is 5.79. The summed E-state index contributed by atoms with van der Waals surface area (Å²) in [6.45, 7) is 4.43. The van der Waals surface area contributed by atoms with Crippen molar-refractivity contribution in [2.45, 2.75) is 20.3 Å². The standard InChI is InChI=1S/C9H16N2O/c1-3-5-6-8(10)7-9(12)11-4-2/h3,5-6H,4,7,10H2,1-2H3,(H,11,12)/b5-3?,8-6+. The van der Waals surface area contributed by atoms with E-state index in [1.165, 1.54) is 0 Å². The summed E-state index contributed by atoms with van der Waals surface area (Å²) in [7, 11) is 0. The van der Waals surface area contributed by atoms with Crippen LogP contribution in [0.5, 0.6) is 0 Å². The molecule has 0 atom stereocenters. The summed E-state index contributed by atoms with van der Waals surface area (Å²) in [5.74, 6) is -0.0317. The zero-order chi connectivity index (χ0) is 9.40. The molecule has 12 heavy (non-hydrogen) atoms. The number of nitrogens with one attached hydrogen (secondary N) is 1. The molecule has 0 rings (SSSR count). The van der Waals surface area contributed by atoms with Crippen LogP contribution in [0.3, 0.4) is 0 Å². The first-order valence-corrected chi connectivity index (χ1v) is 4.04. The van der Waals surface area contributed by atoms with Crippen LogP contribution in [0.25, 0.3) is 0 Å². The topological polar surface area (TPSA) is 55.1 Å². The molecule has 0 spiro atoms. The van der Waals surface area contributed by atoms with Crippen LogP contribution in [0.1, 0.15) is 20.3 Å². The maximum atomic E-state index is 11.0. The predicted molar refractivity (Wildman–Crippen MR) is 50.4 cm³/mol. The van der Waals surface area contributed by atoms with E-state index in [9.17, 15) is 4.79 Å². The summed E-state index contributed by atoms with van der Waals surface area (Å²) in [6, 6.07) is 0. The molecule has 0 radical (unpaired) electrons. The van der Waals surface area contributed by atoms with Crippen molar-refractivity contribution in [1.82, 2.24) is 5.32 Å². The van der Waals surface area contributed by atoms with E-state index in [1.807, 2.05) is 26.0 Å². The number of hydrogen-bond donors (Lipinski definition) is 2. The van der Waals surface area contributed by atoms with Gasteiger partial charge in [-0.3, -0.25) is 4.79 Å². The molecule has 0 heterocycles. The van der Waals surface area contributed by atoms with Crippen molar-refractivity contribution in [3.05, 3.63) is 23.9 Å². The molecule has 0 aromatic rings. The lowest BCUT2D eigenvalue weighted by atomic mass is 10.3. The quantitative estimate of drug-likeness (QED) is 0.613. The Morgan fingerprint density at radius 1 is 1.58 bits per heavy atom. The first-order chi connectivity index (χ1) is 5.70. The highest BCUT2D eigenvalue weighted by molar-refractivity contribution is 5.78. The maximum absolute atomic E-state index is 11.0. The molecule has 0 aliphatic rings. The van der Waals surface area contributed by atoms with Gasteiger partial charge in [-0.1, -0.05) is 12.2 Å². The summed E-state index contributed by atoms with van der Waals surface area (Å²) in [5.41, 5.74) is 6.12. The van der Waals surface area contributed by atoms with Gasteiger partial charge in [-0.05, 0) is 19.9 Å². The van der Waals surface area contributed by atoms with Crippen molar-refractivity contribution in [2.24, 2.45) is 5.73 Å². The van der Waals surface area contributed by atoms with Gasteiger partial charge >= 0.3 is 0 Å². The molecule has 0 fully saturated rings. The Labute approximate surface area is 73.3 Å². The van der Waals surface area contributed by atoms with Crippen LogP contribution in [0, 0.1) is 0 Å². The third kappa shape index (κ3) is 5.53. The van der Waals surface area contributed by atoms with Gasteiger partial charge in [0, 0.05) is 12.2 Å². The Bertz CT molecular complexity index is 195. The average molecular weight is 168 g/mol. The molecule has 1 amide bonds. The molecule has 0 aliphatic heterocycles. The third-order valence-electron chi connectivity index (χ3n) is 1.24. The highest BCUT2D eigenvalue weighted by atomic mass is 16.1. The minimum absolute atomic E-state index is 0.0317. The van der Waals surface area contributed by atoms with Crippen LogP contribution < -0.4 is 11.1 Å². The van der Waals surface area contributed by atoms with Crippen LogP contribution in [-0.2, 0) is 4.79 Å². The fourth-order valence-corrected chi connectivity index (χ4v) is 0.724. The van der Waals surface area contributed by atoms with Gasteiger partial charge in [-0.25, -0.2) is 0 Å². The number of amides is 1. The van der Waals surface area contributed by atoms with Crippen molar-refractivity contribution < 1.29 is 4.79 Å². The van der Waals surface area contributed by atoms with Gasteiger partial charge < -0.3 is 11.1 Å². The van der Waals surface area contributed by atoms with Gasteiger partial charge in [-0.2, -0.15) is 0 Å². The maximum Gasteiger partial charge on any atom is 0.225 e. The molecule has 0 bridgehead atoms. The van der Waals surface area contributed by atoms with Crippen molar-refractivity contribution in [3.63, 3.8) is 0 Å². The molecular weight excluding hydrogens is 152 g/mol. The normalized spacial score (nSPS) is 12.0. The Balaban J connectivity index is 3.82. The van der Waals surface area contributed by atoms with Crippen LogP contribution in [0.4, 0.5) is 0 Å². The summed E-state index contributed by atoms with van der Waals surface area (Å²) in [5, 5.41) is 2.67. The van der Waals surface area contributed by atoms with E-state index in [0.29, 0.717) is 12.2 Å². The highest BCUT2D eigenvalue weighted by Gasteiger charge is 1.98. The second-order valence-electron chi connectivity index (χ2n) is 2.40. The second-order valence-corrected chi connectivity index (χ2v) is 2.40. The van der Waals surface area contributed by atoms with E-state index in [1.54, 1.807) is 6.08 Å². The molecule has 0 aromatic carbocycles. The molecule has 3 heteroatoms. The largest absolute Gasteiger partial charge is 0.402 e. The average Bonchev–Trinajstić information content (AvgIpc) is 2.01. The van der Waals surface area contributed by atoms with Gasteiger partial charge in [0.25, 0.3) is 0 Å². The number of rotatable bonds is 4. The zero-order valence-electron chi connectivity index (χ0n) is 7.63. The number of carbonyl (C=O) groups is 1. The van der Waals surface area contributed by atoms with E-state index in [2.05, 4.69) is 5.32 Å². The summed E-state index contributed by atoms with van der Waals surface area (Å²) < 4.78 is 0. The fourth-order valence-electron chi connectivity index (χ4n) is 0.724. The Morgan fingerprint density at radius 3 is 2.75 bits per heavy atom. The molecule has 68 valence electrons. The molecule has 0 aromatic heterocycles. The number of nitrogens with two attached hydrogens (primary N) is 1. The summed E-state index contributed by atoms with van der Waals surface area (Å²) >= 11 is 0. The lowest BCUT2D eigenvalue weighted by molar-refractivity contribution is -0.120. The van der Waals surface area contributed by atoms with Gasteiger partial charge in [0.05, 0.1) is 6.42 Å². The lowest BCUT2D eigenvalue weighted by Crippen LogP contribution is -2.24. The van der Waals surface area contributed by atoms with Crippen molar-refractivity contribution in [3.8, 4) is 0 Å². The predicted octanol–water partition coefficient (Wildman–Crippen LogP) is 0.931. The molecule has 0 unspecified atom stereocenters. The van der Waals surface area contributed by atoms with E-state index in [-0.39, 0.29) is 12.3 Å². The van der Waals surface area contributed by atoms with Gasteiger partial charge in [0.2, 0.25) is 5.91 Å². The smallest absolute Gasteiger partial charge is 0.225 e. The van der Waals surface area contributed by atoms with Crippen LogP contribution in [0.15, 0.2) is 23.9 Å². The Morgan fingerprint density at radius 2 is 2.25 bits per heavy atom. The van der Waals surface area contributed by atoms with E-state index < -0.39 is 0 Å². The molecule has 3 N–H and O–H groups in total. The van der Waals surface area contributed by atoms with E-state index in [0.717, 1.165) is 0 Å². The lowest BCUT2D eigenvalue weighted by Gasteiger charge is -2.00. The SMILES string of the molecule is CC=C/C=C(/N)CC(=O)NCC. The third-order valence-corrected chi connectivity index (χ3v) is 1.24. The monoisotopic (exact) mass is 168 g/mol. The Hall–Kier alpha value is -1.25. The summed E-state index contributed by atoms with van der Waals surface area (Å²) in [4.78, 5) is 11.0. The fraction of sp³-hybridized carbons (Fsp3) is 0.444. The van der Waals surface area contributed by atoms with Crippen molar-refractivity contribution >= 4 is 5.91 Å². The van der Waals surface area contributed by atoms with Gasteiger partial charge in [0.1, 0.15) is 0 Å². The van der Waals surface area contributed by atoms with Gasteiger partial charge in [-0.15, -0.1) is 0 Å². The minimum atomic E-state index is -0.0317. The number of allylic oxidation sites excluding steroid dienone is 3. The van der Waals surface area contributed by atoms with Crippen molar-refractivity contribution in [1.29, 1.82) is 0 Å². The zero-order valence-corrected chi connectivity index (χ0v) is 7.63. The number of carbonyl (C=O) groups excluding carboxylic acids is 1. The first-order valence-electron chi connectivity index (χ1n) is 4.04. The molecular formula is C9H16N2O. The minimum Gasteiger partial charge on any atom is -0.402 e. The van der Waals surface area contributed by atoms with Crippen LogP contribution >= 0.6 is 0 Å². The van der Waals surface area contributed by atoms with Crippen LogP contribution in [-0.4, -0.2) is 12.5 Å². The molecule has 0 saturated carbocycles. The van der Waals surface area contributed by atoms with Crippen LogP contribution in [0.2, 0.25) is 0 Å². The molecule has 3 nitrogen and oxygen atoms in total. The first kappa shape index (κ1) is 10.8.